The fourth-order valence-electron chi connectivity index (χ4n) is 5.15. The van der Waals surface area contributed by atoms with Crippen LogP contribution in [0.5, 0.6) is 11.5 Å². The molecule has 4 rings (SSSR count). The van der Waals surface area contributed by atoms with E-state index in [4.69, 9.17) is 9.47 Å². The van der Waals surface area contributed by atoms with Crippen molar-refractivity contribution in [3.8, 4) is 22.6 Å². The minimum atomic E-state index is -0.490. The van der Waals surface area contributed by atoms with Crippen LogP contribution in [0.15, 0.2) is 37.4 Å². The molecule has 0 atom stereocenters. The summed E-state index contributed by atoms with van der Waals surface area (Å²) in [6.07, 6.45) is 10.6. The Morgan fingerprint density at radius 2 is 1.09 bits per heavy atom. The van der Waals surface area contributed by atoms with Gasteiger partial charge >= 0.3 is 11.9 Å². The van der Waals surface area contributed by atoms with Crippen molar-refractivity contribution in [3.63, 3.8) is 0 Å². The van der Waals surface area contributed by atoms with Crippen LogP contribution < -0.4 is 9.47 Å². The van der Waals surface area contributed by atoms with Crippen molar-refractivity contribution < 1.29 is 19.1 Å². The largest absolute Gasteiger partial charge is 0.422 e. The number of ether oxygens (including phenoxy) is 2. The zero-order chi connectivity index (χ0) is 22.8. The van der Waals surface area contributed by atoms with Gasteiger partial charge in [0.1, 0.15) is 11.5 Å². The molecular weight excluding hydrogens is 400 g/mol. The van der Waals surface area contributed by atoms with Crippen LogP contribution in [0.2, 0.25) is 0 Å². The van der Waals surface area contributed by atoms with E-state index in [1.807, 2.05) is 13.8 Å². The zero-order valence-electron chi connectivity index (χ0n) is 19.0. The maximum atomic E-state index is 12.3. The Labute approximate surface area is 189 Å². The smallest absolute Gasteiger partial charge is 0.335 e. The van der Waals surface area contributed by atoms with E-state index >= 15 is 0 Å². The SMILES string of the molecule is C=CC(=O)Oc1c(C)cc2c(c1-c1c3c(cc(C)c1OC(=O)C=C)CCCC3)CCCC2. The van der Waals surface area contributed by atoms with Gasteiger partial charge in [0, 0.05) is 23.3 Å². The number of carbonyl (C=O) groups is 2. The maximum absolute atomic E-state index is 12.3. The second-order valence-corrected chi connectivity index (χ2v) is 8.74. The molecule has 2 aromatic rings. The van der Waals surface area contributed by atoms with E-state index in [1.54, 1.807) is 0 Å². The Balaban J connectivity index is 2.10. The predicted molar refractivity (Wildman–Crippen MR) is 126 cm³/mol. The number of fused-ring (bicyclic) bond motifs is 2. The number of hydrogen-bond acceptors (Lipinski definition) is 4. The molecule has 2 aliphatic rings. The van der Waals surface area contributed by atoms with Crippen molar-refractivity contribution in [1.82, 2.24) is 0 Å². The number of carbonyl (C=O) groups excluding carboxylic acids is 2. The van der Waals surface area contributed by atoms with Crippen LogP contribution in [0, 0.1) is 13.8 Å². The summed E-state index contributed by atoms with van der Waals surface area (Å²) in [7, 11) is 0. The van der Waals surface area contributed by atoms with Crippen LogP contribution in [0.4, 0.5) is 0 Å². The Morgan fingerprint density at radius 3 is 1.47 bits per heavy atom. The van der Waals surface area contributed by atoms with Crippen LogP contribution in [-0.2, 0) is 35.3 Å². The predicted octanol–water partition coefficient (Wildman–Crippen LogP) is 5.91. The molecule has 0 saturated heterocycles. The molecule has 0 fully saturated rings. The van der Waals surface area contributed by atoms with Crippen molar-refractivity contribution >= 4 is 11.9 Å². The number of aryl methyl sites for hydroxylation is 4. The molecule has 0 aromatic heterocycles. The molecule has 0 spiro atoms. The lowest BCUT2D eigenvalue weighted by molar-refractivity contribution is -0.130. The molecule has 166 valence electrons. The first-order chi connectivity index (χ1) is 15.4. The molecule has 4 heteroatoms. The molecule has 0 amide bonds. The topological polar surface area (TPSA) is 52.6 Å². The summed E-state index contributed by atoms with van der Waals surface area (Å²) in [6.45, 7) is 11.1. The highest BCUT2D eigenvalue weighted by atomic mass is 16.5. The normalized spacial score (nSPS) is 14.7. The lowest BCUT2D eigenvalue weighted by atomic mass is 9.78. The fraction of sp³-hybridized carbons (Fsp3) is 0.357. The second kappa shape index (κ2) is 9.15. The number of benzene rings is 2. The molecule has 0 bridgehead atoms. The Morgan fingerprint density at radius 1 is 0.719 bits per heavy atom. The third kappa shape index (κ3) is 4.02. The van der Waals surface area contributed by atoms with Gasteiger partial charge in [-0.3, -0.25) is 0 Å². The average Bonchev–Trinajstić information content (AvgIpc) is 2.80. The minimum absolute atomic E-state index is 0.490. The van der Waals surface area contributed by atoms with Gasteiger partial charge < -0.3 is 9.47 Å². The summed E-state index contributed by atoms with van der Waals surface area (Å²) in [4.78, 5) is 24.6. The molecule has 2 aromatic carbocycles. The van der Waals surface area contributed by atoms with Crippen molar-refractivity contribution in [3.05, 3.63) is 70.8 Å². The lowest BCUT2D eigenvalue weighted by Gasteiger charge is -2.29. The molecule has 0 unspecified atom stereocenters. The standard InChI is InChI=1S/C28H30O4/c1-5-23(29)31-27-17(3)15-19-11-7-9-13-21(19)25(27)26-22-14-10-8-12-20(22)16-18(4)28(26)32-24(30)6-2/h5-6,15-16H,1-2,7-14H2,3-4H3. The van der Waals surface area contributed by atoms with Crippen LogP contribution >= 0.6 is 0 Å². The van der Waals surface area contributed by atoms with E-state index in [0.717, 1.165) is 73.6 Å². The minimum Gasteiger partial charge on any atom is -0.422 e. The maximum Gasteiger partial charge on any atom is 0.335 e. The van der Waals surface area contributed by atoms with Crippen molar-refractivity contribution in [2.75, 3.05) is 0 Å². The van der Waals surface area contributed by atoms with E-state index in [-0.39, 0.29) is 0 Å². The Bertz CT molecular complexity index is 1030. The van der Waals surface area contributed by atoms with Gasteiger partial charge in [-0.15, -0.1) is 0 Å². The van der Waals surface area contributed by atoms with Crippen molar-refractivity contribution in [2.45, 2.75) is 65.2 Å². The number of esters is 2. The molecule has 0 heterocycles. The third-order valence-corrected chi connectivity index (χ3v) is 6.57. The molecular formula is C28H30O4. The van der Waals surface area contributed by atoms with Gasteiger partial charge in [0.25, 0.3) is 0 Å². The second-order valence-electron chi connectivity index (χ2n) is 8.74. The highest BCUT2D eigenvalue weighted by Gasteiger charge is 2.30. The van der Waals surface area contributed by atoms with Crippen LogP contribution in [-0.4, -0.2) is 11.9 Å². The molecule has 0 saturated carbocycles. The van der Waals surface area contributed by atoms with Gasteiger partial charge in [-0.25, -0.2) is 9.59 Å². The first-order valence-electron chi connectivity index (χ1n) is 11.4. The highest BCUT2D eigenvalue weighted by molar-refractivity contribution is 5.92. The van der Waals surface area contributed by atoms with Crippen molar-refractivity contribution in [1.29, 1.82) is 0 Å². The van der Waals surface area contributed by atoms with Gasteiger partial charge in [0.05, 0.1) is 0 Å². The summed E-state index contributed by atoms with van der Waals surface area (Å²) in [5.74, 6) is 0.113. The zero-order valence-corrected chi connectivity index (χ0v) is 19.0. The number of rotatable bonds is 5. The monoisotopic (exact) mass is 430 g/mol. The van der Waals surface area contributed by atoms with E-state index in [9.17, 15) is 9.59 Å². The summed E-state index contributed by atoms with van der Waals surface area (Å²) in [5.41, 5.74) is 8.59. The van der Waals surface area contributed by atoms with Crippen LogP contribution in [0.3, 0.4) is 0 Å². The fourth-order valence-corrected chi connectivity index (χ4v) is 5.15. The van der Waals surface area contributed by atoms with E-state index in [0.29, 0.717) is 11.5 Å². The van der Waals surface area contributed by atoms with Gasteiger partial charge in [-0.2, -0.15) is 0 Å². The average molecular weight is 431 g/mol. The molecule has 2 aliphatic carbocycles. The van der Waals surface area contributed by atoms with Gasteiger partial charge in [-0.1, -0.05) is 25.3 Å². The first kappa shape index (κ1) is 22.1. The van der Waals surface area contributed by atoms with Gasteiger partial charge in [0.2, 0.25) is 0 Å². The number of hydrogen-bond donors (Lipinski definition) is 0. The molecule has 0 radical (unpaired) electrons. The van der Waals surface area contributed by atoms with Gasteiger partial charge in [-0.05, 0) is 98.6 Å². The van der Waals surface area contributed by atoms with E-state index in [1.165, 1.54) is 34.4 Å². The highest BCUT2D eigenvalue weighted by Crippen LogP contribution is 2.49. The van der Waals surface area contributed by atoms with Crippen LogP contribution in [0.1, 0.15) is 59.1 Å². The quantitative estimate of drug-likeness (QED) is 0.336. The Hall–Kier alpha value is -3.14. The summed E-state index contributed by atoms with van der Waals surface area (Å²) in [6, 6.07) is 4.28. The third-order valence-electron chi connectivity index (χ3n) is 6.57. The van der Waals surface area contributed by atoms with Gasteiger partial charge in [0.15, 0.2) is 0 Å². The summed E-state index contributed by atoms with van der Waals surface area (Å²) in [5, 5.41) is 0. The summed E-state index contributed by atoms with van der Waals surface area (Å²) >= 11 is 0. The van der Waals surface area contributed by atoms with E-state index < -0.39 is 11.9 Å². The van der Waals surface area contributed by atoms with E-state index in [2.05, 4.69) is 25.3 Å². The first-order valence-corrected chi connectivity index (χ1v) is 11.4. The molecule has 4 nitrogen and oxygen atoms in total. The van der Waals surface area contributed by atoms with Crippen LogP contribution in [0.25, 0.3) is 11.1 Å². The Kier molecular flexibility index (Phi) is 6.31. The molecule has 0 N–H and O–H groups in total. The summed E-state index contributed by atoms with van der Waals surface area (Å²) < 4.78 is 11.7. The lowest BCUT2D eigenvalue weighted by Crippen LogP contribution is -2.15. The van der Waals surface area contributed by atoms with Crippen molar-refractivity contribution in [2.24, 2.45) is 0 Å². The molecule has 32 heavy (non-hydrogen) atoms. The molecule has 0 aliphatic heterocycles.